The molecule has 46 heavy (non-hydrogen) atoms. The first-order valence-corrected chi connectivity index (χ1v) is 17.2. The van der Waals surface area contributed by atoms with Gasteiger partial charge in [0.25, 0.3) is 10.0 Å². The van der Waals surface area contributed by atoms with Gasteiger partial charge in [0.1, 0.15) is 12.6 Å². The average molecular weight is 722 g/mol. The van der Waals surface area contributed by atoms with Crippen molar-refractivity contribution in [1.29, 1.82) is 0 Å². The van der Waals surface area contributed by atoms with E-state index in [0.717, 1.165) is 9.87 Å². The van der Waals surface area contributed by atoms with Crippen LogP contribution in [0.4, 0.5) is 5.69 Å². The number of amides is 2. The molecule has 0 heterocycles. The molecule has 1 unspecified atom stereocenters. The Morgan fingerprint density at radius 2 is 1.43 bits per heavy atom. The molecule has 7 nitrogen and oxygen atoms in total. The van der Waals surface area contributed by atoms with Crippen molar-refractivity contribution in [2.45, 2.75) is 50.2 Å². The lowest BCUT2D eigenvalue weighted by Crippen LogP contribution is -2.56. The molecule has 0 fully saturated rings. The van der Waals surface area contributed by atoms with E-state index in [2.05, 4.69) is 5.32 Å². The van der Waals surface area contributed by atoms with E-state index >= 15 is 0 Å². The number of carbonyl (C=O) groups is 2. The fourth-order valence-corrected chi connectivity index (χ4v) is 7.12. The normalized spacial score (nSPS) is 12.3. The van der Waals surface area contributed by atoms with Gasteiger partial charge in [0.05, 0.1) is 20.6 Å². The summed E-state index contributed by atoms with van der Waals surface area (Å²) in [6, 6.07) is 25.2. The SMILES string of the molecule is CC(C)(C)NC(=O)C(Cc1ccccc1)N(Cc1ccc(Cl)cc1Cl)C(=O)CN(c1cccc(Cl)c1Cl)S(=O)(=O)c1ccccc1. The van der Waals surface area contributed by atoms with E-state index in [1.165, 1.54) is 29.2 Å². The molecule has 2 amide bonds. The van der Waals surface area contributed by atoms with Crippen molar-refractivity contribution in [2.75, 3.05) is 10.8 Å². The lowest BCUT2D eigenvalue weighted by molar-refractivity contribution is -0.140. The number of rotatable bonds is 11. The second-order valence-corrected chi connectivity index (χ2v) is 15.1. The zero-order chi connectivity index (χ0) is 33.6. The summed E-state index contributed by atoms with van der Waals surface area (Å²) in [5.41, 5.74) is 0.687. The molecule has 0 saturated carbocycles. The monoisotopic (exact) mass is 719 g/mol. The maximum Gasteiger partial charge on any atom is 0.264 e. The minimum Gasteiger partial charge on any atom is -0.350 e. The number of hydrogen-bond donors (Lipinski definition) is 1. The molecule has 0 bridgehead atoms. The number of carbonyl (C=O) groups excluding carboxylic acids is 2. The summed E-state index contributed by atoms with van der Waals surface area (Å²) in [7, 11) is -4.34. The van der Waals surface area contributed by atoms with Gasteiger partial charge in [-0.2, -0.15) is 0 Å². The predicted molar refractivity (Wildman–Crippen MR) is 186 cm³/mol. The van der Waals surface area contributed by atoms with Crippen molar-refractivity contribution >= 4 is 73.9 Å². The Hall–Kier alpha value is -3.27. The fourth-order valence-electron chi connectivity index (χ4n) is 4.76. The average Bonchev–Trinajstić information content (AvgIpc) is 3.00. The van der Waals surface area contributed by atoms with Crippen LogP contribution in [0.2, 0.25) is 20.1 Å². The van der Waals surface area contributed by atoms with E-state index in [4.69, 9.17) is 46.4 Å². The van der Waals surface area contributed by atoms with E-state index in [-0.39, 0.29) is 38.6 Å². The van der Waals surface area contributed by atoms with Crippen molar-refractivity contribution in [2.24, 2.45) is 0 Å². The minimum atomic E-state index is -4.34. The Morgan fingerprint density at radius 1 is 0.804 bits per heavy atom. The van der Waals surface area contributed by atoms with Crippen LogP contribution < -0.4 is 9.62 Å². The molecule has 12 heteroatoms. The van der Waals surface area contributed by atoms with Gasteiger partial charge >= 0.3 is 0 Å². The van der Waals surface area contributed by atoms with E-state index in [9.17, 15) is 18.0 Å². The van der Waals surface area contributed by atoms with Gasteiger partial charge in [-0.15, -0.1) is 0 Å². The summed E-state index contributed by atoms with van der Waals surface area (Å²) in [6.45, 7) is 4.69. The highest BCUT2D eigenvalue weighted by atomic mass is 35.5. The summed E-state index contributed by atoms with van der Waals surface area (Å²) >= 11 is 25.6. The Labute approximate surface area is 290 Å². The van der Waals surface area contributed by atoms with E-state index in [0.29, 0.717) is 10.6 Å². The van der Waals surface area contributed by atoms with E-state index in [1.54, 1.807) is 42.5 Å². The molecule has 4 rings (SSSR count). The smallest absolute Gasteiger partial charge is 0.264 e. The molecule has 4 aromatic carbocycles. The molecule has 0 aliphatic carbocycles. The summed E-state index contributed by atoms with van der Waals surface area (Å²) in [4.78, 5) is 29.8. The third-order valence-electron chi connectivity index (χ3n) is 6.94. The van der Waals surface area contributed by atoms with Gasteiger partial charge in [0.2, 0.25) is 11.8 Å². The second kappa shape index (κ2) is 15.1. The van der Waals surface area contributed by atoms with Gasteiger partial charge < -0.3 is 10.2 Å². The van der Waals surface area contributed by atoms with Crippen LogP contribution in [0.25, 0.3) is 0 Å². The number of nitrogens with one attached hydrogen (secondary N) is 1. The molecule has 0 aromatic heterocycles. The van der Waals surface area contributed by atoms with Crippen molar-refractivity contribution in [3.05, 3.63) is 128 Å². The standard InChI is InChI=1S/C34H33Cl4N3O4S/c1-34(2,3)39-33(43)30(19-23-11-6-4-7-12-23)40(21-24-17-18-25(35)20-28(24)37)31(42)22-41(29-16-10-15-27(36)32(29)38)46(44,45)26-13-8-5-9-14-26/h4-18,20,30H,19,21-22H2,1-3H3,(H,39,43). The van der Waals surface area contributed by atoms with Crippen LogP contribution >= 0.6 is 46.4 Å². The zero-order valence-electron chi connectivity index (χ0n) is 25.4. The number of benzene rings is 4. The molecule has 0 aliphatic rings. The minimum absolute atomic E-state index is 0.00889. The van der Waals surface area contributed by atoms with Crippen molar-refractivity contribution in [3.63, 3.8) is 0 Å². The molecule has 1 N–H and O–H groups in total. The summed E-state index contributed by atoms with van der Waals surface area (Å²) in [5, 5.41) is 3.73. The quantitative estimate of drug-likeness (QED) is 0.170. The summed E-state index contributed by atoms with van der Waals surface area (Å²) in [6.07, 6.45) is 0.142. The number of anilines is 1. The topological polar surface area (TPSA) is 86.8 Å². The predicted octanol–water partition coefficient (Wildman–Crippen LogP) is 8.05. The molecule has 1 atom stereocenters. The van der Waals surface area contributed by atoms with Gasteiger partial charge in [-0.1, -0.05) is 107 Å². The molecular weight excluding hydrogens is 688 g/mol. The highest BCUT2D eigenvalue weighted by Gasteiger charge is 2.36. The number of sulfonamides is 1. The Bertz CT molecular complexity index is 1800. The first-order chi connectivity index (χ1) is 21.7. The molecule has 4 aromatic rings. The molecule has 0 spiro atoms. The third-order valence-corrected chi connectivity index (χ3v) is 10.1. The van der Waals surface area contributed by atoms with Crippen LogP contribution in [0.3, 0.4) is 0 Å². The highest BCUT2D eigenvalue weighted by Crippen LogP contribution is 2.36. The van der Waals surface area contributed by atoms with Crippen LogP contribution in [0.1, 0.15) is 31.9 Å². The fraction of sp³-hybridized carbons (Fsp3) is 0.235. The van der Waals surface area contributed by atoms with Crippen molar-refractivity contribution in [3.8, 4) is 0 Å². The maximum absolute atomic E-state index is 14.6. The molecule has 0 aliphatic heterocycles. The molecule has 0 radical (unpaired) electrons. The Morgan fingerprint density at radius 3 is 2.04 bits per heavy atom. The van der Waals surface area contributed by atoms with Gasteiger partial charge in [0.15, 0.2) is 0 Å². The maximum atomic E-state index is 14.6. The van der Waals surface area contributed by atoms with Crippen LogP contribution in [0.15, 0.2) is 102 Å². The van der Waals surface area contributed by atoms with Crippen LogP contribution in [-0.2, 0) is 32.6 Å². The van der Waals surface area contributed by atoms with Crippen LogP contribution in [0.5, 0.6) is 0 Å². The van der Waals surface area contributed by atoms with E-state index < -0.39 is 40.0 Å². The molecule has 242 valence electrons. The number of hydrogen-bond acceptors (Lipinski definition) is 4. The van der Waals surface area contributed by atoms with E-state index in [1.807, 2.05) is 51.1 Å². The van der Waals surface area contributed by atoms with Gasteiger partial charge in [-0.25, -0.2) is 8.42 Å². The highest BCUT2D eigenvalue weighted by molar-refractivity contribution is 7.92. The van der Waals surface area contributed by atoms with Crippen LogP contribution in [-0.4, -0.2) is 43.3 Å². The van der Waals surface area contributed by atoms with Crippen LogP contribution in [0, 0.1) is 0 Å². The summed E-state index contributed by atoms with van der Waals surface area (Å²) in [5.74, 6) is -1.10. The number of halogens is 4. The van der Waals surface area contributed by atoms with Gasteiger partial charge in [-0.05, 0) is 68.3 Å². The lowest BCUT2D eigenvalue weighted by Gasteiger charge is -2.35. The Balaban J connectivity index is 1.86. The third kappa shape index (κ3) is 8.96. The van der Waals surface area contributed by atoms with Gasteiger partial charge in [-0.3, -0.25) is 13.9 Å². The summed E-state index contributed by atoms with van der Waals surface area (Å²) < 4.78 is 29.2. The molecule has 0 saturated heterocycles. The van der Waals surface area contributed by atoms with Crippen molar-refractivity contribution < 1.29 is 18.0 Å². The largest absolute Gasteiger partial charge is 0.350 e. The number of nitrogens with zero attached hydrogens (tertiary/aromatic N) is 2. The molecular formula is C34H33Cl4N3O4S. The Kier molecular flexibility index (Phi) is 11.7. The zero-order valence-corrected chi connectivity index (χ0v) is 29.2. The second-order valence-electron chi connectivity index (χ2n) is 11.6. The lowest BCUT2D eigenvalue weighted by atomic mass is 10.0. The van der Waals surface area contributed by atoms with Crippen molar-refractivity contribution in [1.82, 2.24) is 10.2 Å². The van der Waals surface area contributed by atoms with Gasteiger partial charge in [0, 0.05) is 28.5 Å². The first kappa shape index (κ1) is 35.6. The first-order valence-electron chi connectivity index (χ1n) is 14.3.